The van der Waals surface area contributed by atoms with Crippen LogP contribution in [0.5, 0.6) is 0 Å². The van der Waals surface area contributed by atoms with E-state index in [0.717, 1.165) is 56.8 Å². The van der Waals surface area contributed by atoms with Crippen LogP contribution in [-0.4, -0.2) is 72.8 Å². The van der Waals surface area contributed by atoms with Crippen LogP contribution in [0.25, 0.3) is 0 Å². The maximum atomic E-state index is 12.3. The Morgan fingerprint density at radius 1 is 0.875 bits per heavy atom. The number of carbonyl (C=O) groups excluding carboxylic acids is 1. The van der Waals surface area contributed by atoms with E-state index in [2.05, 4.69) is 9.80 Å². The van der Waals surface area contributed by atoms with Gasteiger partial charge in [-0.15, -0.1) is 0 Å². The third-order valence-electron chi connectivity index (χ3n) is 6.45. The van der Waals surface area contributed by atoms with Crippen LogP contribution in [0.2, 0.25) is 0 Å². The topological polar surface area (TPSA) is 73.3 Å². The van der Waals surface area contributed by atoms with E-state index in [0.29, 0.717) is 31.2 Å². The number of hydrogen-bond donors (Lipinski definition) is 1. The van der Waals surface area contributed by atoms with Crippen molar-refractivity contribution in [2.45, 2.75) is 19.4 Å². The van der Waals surface area contributed by atoms with Crippen LogP contribution in [0.15, 0.2) is 54.6 Å². The van der Waals surface area contributed by atoms with E-state index in [9.17, 15) is 9.59 Å². The van der Waals surface area contributed by atoms with Crippen molar-refractivity contribution in [2.75, 3.05) is 50.7 Å². The summed E-state index contributed by atoms with van der Waals surface area (Å²) in [5.74, 6) is -0.235. The first-order valence-electron chi connectivity index (χ1n) is 11.3. The van der Waals surface area contributed by atoms with E-state index in [1.165, 1.54) is 0 Å². The van der Waals surface area contributed by atoms with Crippen LogP contribution in [0.3, 0.4) is 0 Å². The molecule has 0 atom stereocenters. The van der Waals surface area contributed by atoms with Gasteiger partial charge in [-0.25, -0.2) is 9.59 Å². The van der Waals surface area contributed by atoms with Crippen molar-refractivity contribution in [3.63, 3.8) is 0 Å². The number of piperazine rings is 1. The molecule has 0 radical (unpaired) electrons. The number of piperidine rings is 1. The smallest absolute Gasteiger partial charge is 0.410 e. The molecule has 0 saturated carbocycles. The van der Waals surface area contributed by atoms with Crippen molar-refractivity contribution in [3.8, 4) is 0 Å². The van der Waals surface area contributed by atoms with Crippen LogP contribution >= 0.6 is 0 Å². The summed E-state index contributed by atoms with van der Waals surface area (Å²) in [5, 5.41) is 9.05. The van der Waals surface area contributed by atoms with E-state index < -0.39 is 5.97 Å². The predicted molar refractivity (Wildman–Crippen MR) is 123 cm³/mol. The van der Waals surface area contributed by atoms with Gasteiger partial charge < -0.3 is 19.6 Å². The minimum Gasteiger partial charge on any atom is -0.478 e. The second-order valence-corrected chi connectivity index (χ2v) is 8.61. The zero-order valence-corrected chi connectivity index (χ0v) is 18.4. The standard InChI is InChI=1S/C25H31N3O4/c29-24(30)22-6-8-23(9-7-22)27-12-10-20(11-13-27)18-26-14-16-28(17-15-26)25(31)32-19-21-4-2-1-3-5-21/h1-9,20H,10-19H2,(H,29,30). The first-order valence-corrected chi connectivity index (χ1v) is 11.3. The van der Waals surface area contributed by atoms with Crippen molar-refractivity contribution >= 4 is 17.7 Å². The fourth-order valence-corrected chi connectivity index (χ4v) is 4.48. The Kier molecular flexibility index (Phi) is 7.27. The molecule has 2 aromatic carbocycles. The lowest BCUT2D eigenvalue weighted by atomic mass is 9.95. The van der Waals surface area contributed by atoms with Gasteiger partial charge >= 0.3 is 12.1 Å². The molecule has 0 unspecified atom stereocenters. The number of carboxylic acids is 1. The molecular weight excluding hydrogens is 406 g/mol. The summed E-state index contributed by atoms with van der Waals surface area (Å²) in [5.41, 5.74) is 2.42. The maximum absolute atomic E-state index is 12.3. The summed E-state index contributed by atoms with van der Waals surface area (Å²) in [4.78, 5) is 30.0. The number of aromatic carboxylic acids is 1. The van der Waals surface area contributed by atoms with Crippen molar-refractivity contribution < 1.29 is 19.4 Å². The van der Waals surface area contributed by atoms with E-state index in [4.69, 9.17) is 9.84 Å². The lowest BCUT2D eigenvalue weighted by Crippen LogP contribution is -2.50. The van der Waals surface area contributed by atoms with Gasteiger partial charge in [-0.3, -0.25) is 4.90 Å². The number of benzene rings is 2. The van der Waals surface area contributed by atoms with Gasteiger partial charge in [0, 0.05) is 51.5 Å². The van der Waals surface area contributed by atoms with Gasteiger partial charge in [0.05, 0.1) is 5.56 Å². The fraction of sp³-hybridized carbons (Fsp3) is 0.440. The molecule has 32 heavy (non-hydrogen) atoms. The lowest BCUT2D eigenvalue weighted by Gasteiger charge is -2.39. The van der Waals surface area contributed by atoms with Crippen molar-refractivity contribution in [1.82, 2.24) is 9.80 Å². The molecule has 170 valence electrons. The lowest BCUT2D eigenvalue weighted by molar-refractivity contribution is 0.0665. The fourth-order valence-electron chi connectivity index (χ4n) is 4.48. The highest BCUT2D eigenvalue weighted by Gasteiger charge is 2.26. The number of hydrogen-bond acceptors (Lipinski definition) is 5. The Balaban J connectivity index is 1.16. The molecule has 2 fully saturated rings. The molecule has 1 N–H and O–H groups in total. The highest BCUT2D eigenvalue weighted by atomic mass is 16.6. The molecule has 2 saturated heterocycles. The SMILES string of the molecule is O=C(O)c1ccc(N2CCC(CN3CCN(C(=O)OCc4ccccc4)CC3)CC2)cc1. The summed E-state index contributed by atoms with van der Waals surface area (Å²) in [6, 6.07) is 16.9. The quantitative estimate of drug-likeness (QED) is 0.745. The Bertz CT molecular complexity index is 887. The summed E-state index contributed by atoms with van der Waals surface area (Å²) in [6.07, 6.45) is 2.02. The Labute approximate surface area is 189 Å². The van der Waals surface area contributed by atoms with Crippen LogP contribution in [0, 0.1) is 5.92 Å². The molecule has 7 heteroatoms. The third kappa shape index (κ3) is 5.79. The molecule has 7 nitrogen and oxygen atoms in total. The summed E-state index contributed by atoms with van der Waals surface area (Å²) in [7, 11) is 0. The summed E-state index contributed by atoms with van der Waals surface area (Å²) < 4.78 is 5.46. The minimum atomic E-state index is -0.889. The molecule has 0 bridgehead atoms. The van der Waals surface area contributed by atoms with Crippen LogP contribution < -0.4 is 4.90 Å². The van der Waals surface area contributed by atoms with Gasteiger partial charge in [-0.2, -0.15) is 0 Å². The van der Waals surface area contributed by atoms with Gasteiger partial charge in [0.1, 0.15) is 6.61 Å². The second-order valence-electron chi connectivity index (χ2n) is 8.61. The molecule has 0 aromatic heterocycles. The number of carboxylic acid groups (broad SMARTS) is 1. The van der Waals surface area contributed by atoms with E-state index in [1.807, 2.05) is 47.4 Å². The second kappa shape index (κ2) is 10.5. The van der Waals surface area contributed by atoms with Gasteiger partial charge in [-0.1, -0.05) is 30.3 Å². The first kappa shape index (κ1) is 22.1. The number of rotatable bonds is 6. The van der Waals surface area contributed by atoms with Crippen LogP contribution in [-0.2, 0) is 11.3 Å². The zero-order chi connectivity index (χ0) is 22.3. The summed E-state index contributed by atoms with van der Waals surface area (Å²) in [6.45, 7) is 6.56. The first-order chi connectivity index (χ1) is 15.6. The summed E-state index contributed by atoms with van der Waals surface area (Å²) >= 11 is 0. The molecule has 2 heterocycles. The molecule has 1 amide bonds. The molecule has 2 aromatic rings. The number of nitrogens with zero attached hydrogens (tertiary/aromatic N) is 3. The molecule has 4 rings (SSSR count). The normalized spacial score (nSPS) is 17.9. The minimum absolute atomic E-state index is 0.226. The number of anilines is 1. The molecule has 2 aliphatic heterocycles. The van der Waals surface area contributed by atoms with Gasteiger partial charge in [0.15, 0.2) is 0 Å². The average molecular weight is 438 g/mol. The van der Waals surface area contributed by atoms with Crippen molar-refractivity contribution in [3.05, 3.63) is 65.7 Å². The third-order valence-corrected chi connectivity index (χ3v) is 6.45. The number of ether oxygens (including phenoxy) is 1. The maximum Gasteiger partial charge on any atom is 0.410 e. The van der Waals surface area contributed by atoms with Gasteiger partial charge in [0.2, 0.25) is 0 Å². The molecule has 0 aliphatic carbocycles. The monoisotopic (exact) mass is 437 g/mol. The van der Waals surface area contributed by atoms with Crippen LogP contribution in [0.1, 0.15) is 28.8 Å². The van der Waals surface area contributed by atoms with Gasteiger partial charge in [-0.05, 0) is 48.6 Å². The number of carbonyl (C=O) groups is 2. The highest BCUT2D eigenvalue weighted by Crippen LogP contribution is 2.24. The van der Waals surface area contributed by atoms with Crippen LogP contribution in [0.4, 0.5) is 10.5 Å². The number of amides is 1. The molecular formula is C25H31N3O4. The largest absolute Gasteiger partial charge is 0.478 e. The highest BCUT2D eigenvalue weighted by molar-refractivity contribution is 5.88. The van der Waals surface area contributed by atoms with Crippen molar-refractivity contribution in [2.24, 2.45) is 5.92 Å². The van der Waals surface area contributed by atoms with E-state index in [1.54, 1.807) is 12.1 Å². The predicted octanol–water partition coefficient (Wildman–Crippen LogP) is 3.56. The van der Waals surface area contributed by atoms with E-state index >= 15 is 0 Å². The van der Waals surface area contributed by atoms with Gasteiger partial charge in [0.25, 0.3) is 0 Å². The Morgan fingerprint density at radius 3 is 2.16 bits per heavy atom. The zero-order valence-electron chi connectivity index (χ0n) is 18.4. The molecule has 0 spiro atoms. The van der Waals surface area contributed by atoms with E-state index in [-0.39, 0.29) is 6.09 Å². The Morgan fingerprint density at radius 2 is 1.53 bits per heavy atom. The Hall–Kier alpha value is -3.06. The van der Waals surface area contributed by atoms with Crippen molar-refractivity contribution in [1.29, 1.82) is 0 Å². The average Bonchev–Trinajstić information content (AvgIpc) is 2.84. The molecule has 2 aliphatic rings.